The first-order valence-electron chi connectivity index (χ1n) is 7.70. The van der Waals surface area contributed by atoms with Crippen molar-refractivity contribution in [1.82, 2.24) is 4.98 Å². The zero-order valence-electron chi connectivity index (χ0n) is 13.2. The fourth-order valence-corrected chi connectivity index (χ4v) is 3.58. The summed E-state index contributed by atoms with van der Waals surface area (Å²) in [7, 11) is 0. The number of amides is 1. The van der Waals surface area contributed by atoms with Crippen LogP contribution >= 0.6 is 34.5 Å². The summed E-state index contributed by atoms with van der Waals surface area (Å²) < 4.78 is 11.3. The Balaban J connectivity index is 1.48. The molecule has 5 nitrogen and oxygen atoms in total. The Morgan fingerprint density at radius 1 is 1.19 bits per heavy atom. The Kier molecular flexibility index (Phi) is 4.72. The van der Waals surface area contributed by atoms with E-state index in [0.29, 0.717) is 37.9 Å². The molecular formula is C18H12Cl2N2O3S. The van der Waals surface area contributed by atoms with E-state index in [0.717, 1.165) is 0 Å². The van der Waals surface area contributed by atoms with Crippen LogP contribution in [0.1, 0.15) is 0 Å². The van der Waals surface area contributed by atoms with E-state index >= 15 is 0 Å². The predicted molar refractivity (Wildman–Crippen MR) is 103 cm³/mol. The highest BCUT2D eigenvalue weighted by Crippen LogP contribution is 2.33. The van der Waals surface area contributed by atoms with Gasteiger partial charge < -0.3 is 9.47 Å². The van der Waals surface area contributed by atoms with Gasteiger partial charge in [-0.3, -0.25) is 10.1 Å². The SMILES string of the molecule is O=C(Nc1nc(-c2cc(Cl)ccc2Cl)cs1)[C@H]1COc2ccccc2O1. The van der Waals surface area contributed by atoms with Crippen molar-refractivity contribution < 1.29 is 14.3 Å². The van der Waals surface area contributed by atoms with E-state index in [1.165, 1.54) is 11.3 Å². The molecular weight excluding hydrogens is 395 g/mol. The predicted octanol–water partition coefficient (Wildman–Crippen LogP) is 4.90. The van der Waals surface area contributed by atoms with Gasteiger partial charge in [0.25, 0.3) is 5.91 Å². The maximum absolute atomic E-state index is 12.4. The molecule has 2 heterocycles. The van der Waals surface area contributed by atoms with E-state index in [1.807, 2.05) is 12.1 Å². The molecule has 0 bridgehead atoms. The van der Waals surface area contributed by atoms with Gasteiger partial charge in [-0.05, 0) is 30.3 Å². The van der Waals surface area contributed by atoms with Gasteiger partial charge in [0, 0.05) is 16.0 Å². The van der Waals surface area contributed by atoms with Gasteiger partial charge in [0.05, 0.1) is 10.7 Å². The zero-order valence-corrected chi connectivity index (χ0v) is 15.6. The number of ether oxygens (including phenoxy) is 2. The van der Waals surface area contributed by atoms with Crippen LogP contribution in [0.5, 0.6) is 11.5 Å². The molecule has 0 aliphatic carbocycles. The van der Waals surface area contributed by atoms with E-state index in [2.05, 4.69) is 10.3 Å². The van der Waals surface area contributed by atoms with Gasteiger partial charge in [-0.25, -0.2) is 4.98 Å². The van der Waals surface area contributed by atoms with Crippen molar-refractivity contribution in [3.8, 4) is 22.8 Å². The van der Waals surface area contributed by atoms with Crippen molar-refractivity contribution in [2.75, 3.05) is 11.9 Å². The van der Waals surface area contributed by atoms with Crippen LogP contribution in [0, 0.1) is 0 Å². The number of fused-ring (bicyclic) bond motifs is 1. The number of rotatable bonds is 3. The lowest BCUT2D eigenvalue weighted by molar-refractivity contribution is -0.125. The lowest BCUT2D eigenvalue weighted by Crippen LogP contribution is -2.40. The number of halogens is 2. The molecule has 1 aliphatic heterocycles. The highest BCUT2D eigenvalue weighted by Gasteiger charge is 2.28. The second-order valence-electron chi connectivity index (χ2n) is 5.52. The van der Waals surface area contributed by atoms with Crippen LogP contribution in [0.3, 0.4) is 0 Å². The smallest absolute Gasteiger partial charge is 0.270 e. The number of para-hydroxylation sites is 2. The maximum Gasteiger partial charge on any atom is 0.270 e. The van der Waals surface area contributed by atoms with E-state index in [4.69, 9.17) is 32.7 Å². The lowest BCUT2D eigenvalue weighted by Gasteiger charge is -2.25. The second-order valence-corrected chi connectivity index (χ2v) is 7.22. The van der Waals surface area contributed by atoms with Crippen molar-refractivity contribution in [2.45, 2.75) is 6.10 Å². The average molecular weight is 407 g/mol. The minimum atomic E-state index is -0.744. The number of hydrogen-bond donors (Lipinski definition) is 1. The third kappa shape index (κ3) is 3.49. The van der Waals surface area contributed by atoms with E-state index < -0.39 is 6.10 Å². The van der Waals surface area contributed by atoms with Crippen LogP contribution in [-0.4, -0.2) is 23.6 Å². The standard InChI is InChI=1S/C18H12Cl2N2O3S/c19-10-5-6-12(20)11(7-10)13-9-26-18(21-13)22-17(23)16-8-24-14-3-1-2-4-15(14)25-16/h1-7,9,16H,8H2,(H,21,22,23)/t16-/m1/s1. The molecule has 1 amide bonds. The Morgan fingerprint density at radius 2 is 2.00 bits per heavy atom. The summed E-state index contributed by atoms with van der Waals surface area (Å²) in [6.45, 7) is 0.140. The number of carbonyl (C=O) groups excluding carboxylic acids is 1. The monoisotopic (exact) mass is 406 g/mol. The number of hydrogen-bond acceptors (Lipinski definition) is 5. The number of nitrogens with one attached hydrogen (secondary N) is 1. The van der Waals surface area contributed by atoms with Crippen LogP contribution in [0.15, 0.2) is 47.8 Å². The number of thiazole rings is 1. The molecule has 0 saturated carbocycles. The Bertz CT molecular complexity index is 977. The number of nitrogens with zero attached hydrogens (tertiary/aromatic N) is 1. The normalized spacial score (nSPS) is 15.5. The minimum absolute atomic E-state index is 0.140. The van der Waals surface area contributed by atoms with Crippen LogP contribution in [0.25, 0.3) is 11.3 Å². The van der Waals surface area contributed by atoms with Crippen LogP contribution < -0.4 is 14.8 Å². The number of aromatic nitrogens is 1. The molecule has 26 heavy (non-hydrogen) atoms. The van der Waals surface area contributed by atoms with Gasteiger partial charge >= 0.3 is 0 Å². The molecule has 1 N–H and O–H groups in total. The van der Waals surface area contributed by atoms with Crippen molar-refractivity contribution in [3.05, 3.63) is 57.9 Å². The summed E-state index contributed by atoms with van der Waals surface area (Å²) in [6, 6.07) is 12.4. The quantitative estimate of drug-likeness (QED) is 0.671. The molecule has 0 radical (unpaired) electrons. The van der Waals surface area contributed by atoms with Crippen molar-refractivity contribution in [3.63, 3.8) is 0 Å². The molecule has 0 fully saturated rings. The van der Waals surface area contributed by atoms with Crippen LogP contribution in [0.4, 0.5) is 5.13 Å². The largest absolute Gasteiger partial charge is 0.485 e. The van der Waals surface area contributed by atoms with Gasteiger partial charge in [-0.1, -0.05) is 35.3 Å². The Morgan fingerprint density at radius 3 is 2.85 bits per heavy atom. The van der Waals surface area contributed by atoms with E-state index in [9.17, 15) is 4.79 Å². The Labute approximate surface area is 163 Å². The van der Waals surface area contributed by atoms with Crippen LogP contribution in [0.2, 0.25) is 10.0 Å². The first kappa shape index (κ1) is 17.1. The van der Waals surface area contributed by atoms with Gasteiger partial charge in [0.1, 0.15) is 6.61 Å². The number of benzene rings is 2. The molecule has 8 heteroatoms. The number of carbonyl (C=O) groups is 1. The second kappa shape index (κ2) is 7.15. The number of anilines is 1. The summed E-state index contributed by atoms with van der Waals surface area (Å²) in [4.78, 5) is 16.9. The minimum Gasteiger partial charge on any atom is -0.485 e. The van der Waals surface area contributed by atoms with E-state index in [1.54, 1.807) is 35.7 Å². The first-order chi connectivity index (χ1) is 12.6. The average Bonchev–Trinajstić information content (AvgIpc) is 3.11. The molecule has 0 spiro atoms. The van der Waals surface area contributed by atoms with Crippen LogP contribution in [-0.2, 0) is 4.79 Å². The third-order valence-corrected chi connectivity index (χ3v) is 5.06. The molecule has 4 rings (SSSR count). The molecule has 0 saturated heterocycles. The fraction of sp³-hybridized carbons (Fsp3) is 0.111. The summed E-state index contributed by atoms with van der Waals surface area (Å²) >= 11 is 13.5. The molecule has 2 aromatic carbocycles. The highest BCUT2D eigenvalue weighted by atomic mass is 35.5. The van der Waals surface area contributed by atoms with Crippen molar-refractivity contribution in [2.24, 2.45) is 0 Å². The van der Waals surface area contributed by atoms with Gasteiger partial charge in [0.2, 0.25) is 6.10 Å². The highest BCUT2D eigenvalue weighted by molar-refractivity contribution is 7.14. The van der Waals surface area contributed by atoms with Crippen molar-refractivity contribution >= 4 is 45.6 Å². The molecule has 1 atom stereocenters. The summed E-state index contributed by atoms with van der Waals surface area (Å²) in [5.74, 6) is 0.853. The molecule has 3 aromatic rings. The maximum atomic E-state index is 12.4. The summed E-state index contributed by atoms with van der Waals surface area (Å²) in [5.41, 5.74) is 1.35. The molecule has 1 aliphatic rings. The van der Waals surface area contributed by atoms with Gasteiger partial charge in [0.15, 0.2) is 16.6 Å². The first-order valence-corrected chi connectivity index (χ1v) is 9.34. The lowest BCUT2D eigenvalue weighted by atomic mass is 10.2. The fourth-order valence-electron chi connectivity index (χ4n) is 2.48. The molecule has 132 valence electrons. The van der Waals surface area contributed by atoms with Gasteiger partial charge in [-0.15, -0.1) is 11.3 Å². The molecule has 0 unspecified atom stereocenters. The third-order valence-electron chi connectivity index (χ3n) is 3.74. The zero-order chi connectivity index (χ0) is 18.1. The van der Waals surface area contributed by atoms with Gasteiger partial charge in [-0.2, -0.15) is 0 Å². The molecule has 1 aromatic heterocycles. The summed E-state index contributed by atoms with van der Waals surface area (Å²) in [5, 5.41) is 6.11. The van der Waals surface area contributed by atoms with Crippen molar-refractivity contribution in [1.29, 1.82) is 0 Å². The Hall–Kier alpha value is -2.28. The van der Waals surface area contributed by atoms with E-state index in [-0.39, 0.29) is 12.5 Å². The summed E-state index contributed by atoms with van der Waals surface area (Å²) in [6.07, 6.45) is -0.744. The topological polar surface area (TPSA) is 60.5 Å².